The van der Waals surface area contributed by atoms with Crippen molar-refractivity contribution in [3.8, 4) is 6.07 Å². The van der Waals surface area contributed by atoms with E-state index in [-0.39, 0.29) is 0 Å². The summed E-state index contributed by atoms with van der Waals surface area (Å²) in [5, 5.41) is 9.90. The van der Waals surface area contributed by atoms with E-state index in [1.165, 1.54) is 11.3 Å². The van der Waals surface area contributed by atoms with Crippen molar-refractivity contribution in [2.24, 2.45) is 0 Å². The van der Waals surface area contributed by atoms with Gasteiger partial charge in [0.2, 0.25) is 0 Å². The molecule has 0 bridgehead atoms. The van der Waals surface area contributed by atoms with Gasteiger partial charge in [-0.15, -0.1) is 11.3 Å². The van der Waals surface area contributed by atoms with E-state index in [0.29, 0.717) is 11.5 Å². The number of likely N-dealkylation sites (N-methyl/N-ethyl adjacent to an activating group) is 1. The van der Waals surface area contributed by atoms with Crippen molar-refractivity contribution in [3.63, 3.8) is 0 Å². The third-order valence-electron chi connectivity index (χ3n) is 1.90. The molecule has 0 aliphatic rings. The van der Waals surface area contributed by atoms with E-state index in [2.05, 4.69) is 16.0 Å². The first-order valence-electron chi connectivity index (χ1n) is 4.69. The Bertz CT molecular complexity index is 354. The summed E-state index contributed by atoms with van der Waals surface area (Å²) in [6, 6.07) is 2.15. The first kappa shape index (κ1) is 12.1. The number of thiazole rings is 1. The molecule has 15 heavy (non-hydrogen) atoms. The lowest BCUT2D eigenvalue weighted by Crippen LogP contribution is -2.14. The Labute approximate surface area is 94.1 Å². The van der Waals surface area contributed by atoms with Gasteiger partial charge in [-0.25, -0.2) is 4.98 Å². The SMILES string of the molecule is COCc1nc(CCN(C)C)sc1C#N. The Balaban J connectivity index is 2.70. The Kier molecular flexibility index (Phi) is 4.69. The predicted octanol–water partition coefficient (Wildman–Crippen LogP) is 1.27. The lowest BCUT2D eigenvalue weighted by molar-refractivity contribution is 0.181. The molecule has 5 heteroatoms. The largest absolute Gasteiger partial charge is 0.378 e. The van der Waals surface area contributed by atoms with Crippen LogP contribution in [-0.2, 0) is 17.8 Å². The number of methoxy groups -OCH3 is 1. The van der Waals surface area contributed by atoms with Gasteiger partial charge >= 0.3 is 0 Å². The van der Waals surface area contributed by atoms with Crippen molar-refractivity contribution >= 4 is 11.3 Å². The van der Waals surface area contributed by atoms with Gasteiger partial charge in [0.1, 0.15) is 10.9 Å². The summed E-state index contributed by atoms with van der Waals surface area (Å²) in [6.07, 6.45) is 0.885. The van der Waals surface area contributed by atoms with E-state index < -0.39 is 0 Å². The summed E-state index contributed by atoms with van der Waals surface area (Å²) < 4.78 is 4.99. The third-order valence-corrected chi connectivity index (χ3v) is 2.96. The van der Waals surface area contributed by atoms with Gasteiger partial charge in [-0.2, -0.15) is 5.26 Å². The van der Waals surface area contributed by atoms with Gasteiger partial charge in [0.05, 0.1) is 17.3 Å². The molecule has 0 N–H and O–H groups in total. The highest BCUT2D eigenvalue weighted by Gasteiger charge is 2.10. The zero-order valence-corrected chi connectivity index (χ0v) is 10.1. The molecule has 1 aromatic rings. The van der Waals surface area contributed by atoms with Crippen LogP contribution in [0.3, 0.4) is 0 Å². The molecule has 0 amide bonds. The Morgan fingerprint density at radius 1 is 1.53 bits per heavy atom. The van der Waals surface area contributed by atoms with E-state index in [1.54, 1.807) is 7.11 Å². The van der Waals surface area contributed by atoms with Crippen LogP contribution in [-0.4, -0.2) is 37.6 Å². The zero-order chi connectivity index (χ0) is 11.3. The minimum Gasteiger partial charge on any atom is -0.378 e. The van der Waals surface area contributed by atoms with Gasteiger partial charge in [-0.05, 0) is 14.1 Å². The molecule has 0 aliphatic heterocycles. The maximum atomic E-state index is 8.89. The van der Waals surface area contributed by atoms with Crippen LogP contribution in [0.2, 0.25) is 0 Å². The van der Waals surface area contributed by atoms with Crippen LogP contribution in [0.1, 0.15) is 15.6 Å². The molecule has 0 aromatic carbocycles. The zero-order valence-electron chi connectivity index (χ0n) is 9.28. The maximum absolute atomic E-state index is 8.89. The predicted molar refractivity (Wildman–Crippen MR) is 59.8 cm³/mol. The standard InChI is InChI=1S/C10H15N3OS/c1-13(2)5-4-10-12-8(7-14-3)9(6-11)15-10/h4-5,7H2,1-3H3. The minimum atomic E-state index is 0.418. The molecule has 0 aliphatic carbocycles. The molecule has 0 fully saturated rings. The minimum absolute atomic E-state index is 0.418. The van der Waals surface area contributed by atoms with E-state index in [0.717, 1.165) is 23.7 Å². The van der Waals surface area contributed by atoms with Crippen molar-refractivity contribution in [2.75, 3.05) is 27.7 Å². The van der Waals surface area contributed by atoms with Crippen LogP contribution in [0.25, 0.3) is 0 Å². The summed E-state index contributed by atoms with van der Waals surface area (Å²) in [4.78, 5) is 7.16. The summed E-state index contributed by atoms with van der Waals surface area (Å²) in [5.41, 5.74) is 0.763. The smallest absolute Gasteiger partial charge is 0.130 e. The van der Waals surface area contributed by atoms with Crippen LogP contribution in [0, 0.1) is 11.3 Å². The molecule has 0 atom stereocenters. The summed E-state index contributed by atoms with van der Waals surface area (Å²) in [5.74, 6) is 0. The van der Waals surface area contributed by atoms with Crippen LogP contribution >= 0.6 is 11.3 Å². The molecule has 1 heterocycles. The van der Waals surface area contributed by atoms with Crippen molar-refractivity contribution < 1.29 is 4.74 Å². The first-order valence-corrected chi connectivity index (χ1v) is 5.51. The van der Waals surface area contributed by atoms with Gasteiger partial charge in [0, 0.05) is 20.1 Å². The van der Waals surface area contributed by atoms with Gasteiger partial charge in [-0.1, -0.05) is 0 Å². The fourth-order valence-corrected chi connectivity index (χ4v) is 2.00. The third kappa shape index (κ3) is 3.59. The monoisotopic (exact) mass is 225 g/mol. The average Bonchev–Trinajstić information content (AvgIpc) is 2.58. The number of rotatable bonds is 5. The maximum Gasteiger partial charge on any atom is 0.130 e. The van der Waals surface area contributed by atoms with E-state index in [4.69, 9.17) is 10.00 Å². The number of nitrogens with zero attached hydrogens (tertiary/aromatic N) is 3. The second kappa shape index (κ2) is 5.81. The Morgan fingerprint density at radius 2 is 2.27 bits per heavy atom. The van der Waals surface area contributed by atoms with Crippen molar-refractivity contribution in [3.05, 3.63) is 15.6 Å². The lowest BCUT2D eigenvalue weighted by Gasteiger charge is -2.06. The fourth-order valence-electron chi connectivity index (χ4n) is 1.15. The van der Waals surface area contributed by atoms with Crippen molar-refractivity contribution in [2.45, 2.75) is 13.0 Å². The molecular formula is C10H15N3OS. The van der Waals surface area contributed by atoms with Crippen LogP contribution in [0.5, 0.6) is 0 Å². The van der Waals surface area contributed by atoms with Gasteiger partial charge in [-0.3, -0.25) is 0 Å². The van der Waals surface area contributed by atoms with E-state index >= 15 is 0 Å². The molecule has 0 unspecified atom stereocenters. The summed E-state index contributed by atoms with van der Waals surface area (Å²) in [7, 11) is 5.66. The van der Waals surface area contributed by atoms with Crippen molar-refractivity contribution in [1.29, 1.82) is 5.26 Å². The Morgan fingerprint density at radius 3 is 2.80 bits per heavy atom. The van der Waals surface area contributed by atoms with Crippen LogP contribution < -0.4 is 0 Å². The lowest BCUT2D eigenvalue weighted by atomic mass is 10.4. The number of aromatic nitrogens is 1. The highest BCUT2D eigenvalue weighted by atomic mass is 32.1. The second-order valence-corrected chi connectivity index (χ2v) is 4.57. The molecule has 0 spiro atoms. The second-order valence-electron chi connectivity index (χ2n) is 3.48. The quantitative estimate of drug-likeness (QED) is 0.757. The molecule has 4 nitrogen and oxygen atoms in total. The van der Waals surface area contributed by atoms with Gasteiger partial charge < -0.3 is 9.64 Å². The molecule has 1 rings (SSSR count). The average molecular weight is 225 g/mol. The Hall–Kier alpha value is -0.960. The molecule has 0 radical (unpaired) electrons. The highest BCUT2D eigenvalue weighted by molar-refractivity contribution is 7.12. The van der Waals surface area contributed by atoms with E-state index in [9.17, 15) is 0 Å². The van der Waals surface area contributed by atoms with Gasteiger partial charge in [0.25, 0.3) is 0 Å². The summed E-state index contributed by atoms with van der Waals surface area (Å²) in [6.45, 7) is 1.37. The molecule has 1 aromatic heterocycles. The number of hydrogen-bond donors (Lipinski definition) is 0. The van der Waals surface area contributed by atoms with E-state index in [1.807, 2.05) is 14.1 Å². The van der Waals surface area contributed by atoms with Crippen molar-refractivity contribution in [1.82, 2.24) is 9.88 Å². The number of nitriles is 1. The molecule has 0 saturated carbocycles. The molecule has 0 saturated heterocycles. The van der Waals surface area contributed by atoms with Gasteiger partial charge in [0.15, 0.2) is 0 Å². The fraction of sp³-hybridized carbons (Fsp3) is 0.600. The number of ether oxygens (including phenoxy) is 1. The van der Waals surface area contributed by atoms with Crippen LogP contribution in [0.15, 0.2) is 0 Å². The number of hydrogen-bond acceptors (Lipinski definition) is 5. The normalized spacial score (nSPS) is 10.6. The van der Waals surface area contributed by atoms with Crippen LogP contribution in [0.4, 0.5) is 0 Å². The summed E-state index contributed by atoms with van der Waals surface area (Å²) >= 11 is 1.46. The molecular weight excluding hydrogens is 210 g/mol. The highest BCUT2D eigenvalue weighted by Crippen LogP contribution is 2.18. The molecule has 82 valence electrons. The first-order chi connectivity index (χ1) is 7.17. The topological polar surface area (TPSA) is 49.1 Å².